The minimum atomic E-state index is -4.03. The van der Waals surface area contributed by atoms with Crippen LogP contribution in [-0.2, 0) is 16.6 Å². The maximum Gasteiger partial charge on any atom is 0.243 e. The van der Waals surface area contributed by atoms with Gasteiger partial charge < -0.3 is 5.73 Å². The van der Waals surface area contributed by atoms with Crippen LogP contribution in [0.4, 0.5) is 8.78 Å². The highest BCUT2D eigenvalue weighted by Crippen LogP contribution is 2.24. The lowest BCUT2D eigenvalue weighted by molar-refractivity contribution is 0.382. The Morgan fingerprint density at radius 3 is 2.50 bits per heavy atom. The fourth-order valence-electron chi connectivity index (χ4n) is 1.74. The molecular formula is C11H14F2N2O2S. The molecule has 7 heteroatoms. The van der Waals surface area contributed by atoms with Crippen LogP contribution in [0.5, 0.6) is 0 Å². The van der Waals surface area contributed by atoms with Crippen LogP contribution in [0.25, 0.3) is 0 Å². The monoisotopic (exact) mass is 276 g/mol. The highest BCUT2D eigenvalue weighted by Gasteiger charge is 2.28. The molecule has 1 saturated carbocycles. The molecule has 2 rings (SSSR count). The van der Waals surface area contributed by atoms with Crippen molar-refractivity contribution in [2.24, 2.45) is 5.73 Å². The first kappa shape index (κ1) is 13.4. The lowest BCUT2D eigenvalue weighted by Crippen LogP contribution is -2.39. The van der Waals surface area contributed by atoms with Gasteiger partial charge in [0.1, 0.15) is 4.90 Å². The Labute approximate surface area is 104 Å². The molecule has 1 aliphatic rings. The van der Waals surface area contributed by atoms with Crippen LogP contribution in [0.2, 0.25) is 0 Å². The van der Waals surface area contributed by atoms with Crippen molar-refractivity contribution in [3.05, 3.63) is 29.3 Å². The van der Waals surface area contributed by atoms with Gasteiger partial charge in [0.25, 0.3) is 0 Å². The number of rotatable bonds is 4. The second-order valence-electron chi connectivity index (χ2n) is 4.34. The van der Waals surface area contributed by atoms with Gasteiger partial charge in [0.15, 0.2) is 11.6 Å². The van der Waals surface area contributed by atoms with Crippen LogP contribution >= 0.6 is 0 Å². The highest BCUT2D eigenvalue weighted by atomic mass is 32.2. The lowest BCUT2D eigenvalue weighted by Gasteiger charge is -2.26. The van der Waals surface area contributed by atoms with Gasteiger partial charge in [0.05, 0.1) is 0 Å². The van der Waals surface area contributed by atoms with Crippen molar-refractivity contribution in [3.8, 4) is 0 Å². The van der Waals surface area contributed by atoms with Crippen LogP contribution in [-0.4, -0.2) is 14.5 Å². The van der Waals surface area contributed by atoms with Crippen molar-refractivity contribution in [3.63, 3.8) is 0 Å². The molecule has 0 radical (unpaired) electrons. The standard InChI is InChI=1S/C11H14F2N2O2S/c12-9-4-7(6-14)5-10(11(9)13)18(16,17)15-8-2-1-3-8/h4-5,8,15H,1-3,6,14H2. The molecule has 0 aromatic heterocycles. The molecular weight excluding hydrogens is 262 g/mol. The molecule has 0 bridgehead atoms. The SMILES string of the molecule is NCc1cc(F)c(F)c(S(=O)(=O)NC2CCC2)c1. The number of sulfonamides is 1. The van der Waals surface area contributed by atoms with E-state index in [4.69, 9.17) is 5.73 Å². The first-order valence-electron chi connectivity index (χ1n) is 5.64. The second-order valence-corrected chi connectivity index (χ2v) is 6.03. The molecule has 0 atom stereocenters. The molecule has 0 amide bonds. The number of nitrogens with one attached hydrogen (secondary N) is 1. The van der Waals surface area contributed by atoms with Gasteiger partial charge in [0.2, 0.25) is 10.0 Å². The van der Waals surface area contributed by atoms with E-state index in [1.54, 1.807) is 0 Å². The Morgan fingerprint density at radius 1 is 1.33 bits per heavy atom. The van der Waals surface area contributed by atoms with Crippen LogP contribution in [0.3, 0.4) is 0 Å². The number of hydrogen-bond acceptors (Lipinski definition) is 3. The molecule has 0 spiro atoms. The molecule has 0 aliphatic heterocycles. The van der Waals surface area contributed by atoms with Gasteiger partial charge in [-0.05, 0) is 30.5 Å². The highest BCUT2D eigenvalue weighted by molar-refractivity contribution is 7.89. The molecule has 0 saturated heterocycles. The van der Waals surface area contributed by atoms with E-state index in [2.05, 4.69) is 4.72 Å². The maximum atomic E-state index is 13.6. The lowest BCUT2D eigenvalue weighted by atomic mass is 9.94. The van der Waals surface area contributed by atoms with Crippen molar-refractivity contribution in [2.75, 3.05) is 0 Å². The predicted molar refractivity (Wildman–Crippen MR) is 62.2 cm³/mol. The zero-order valence-electron chi connectivity index (χ0n) is 9.62. The second kappa shape index (κ2) is 4.91. The molecule has 3 N–H and O–H groups in total. The van der Waals surface area contributed by atoms with Gasteiger partial charge in [-0.3, -0.25) is 0 Å². The van der Waals surface area contributed by atoms with E-state index in [9.17, 15) is 17.2 Å². The quantitative estimate of drug-likeness (QED) is 0.869. The van der Waals surface area contributed by atoms with E-state index in [1.807, 2.05) is 0 Å². The average Bonchev–Trinajstić information content (AvgIpc) is 2.27. The summed E-state index contributed by atoms with van der Waals surface area (Å²) in [6.07, 6.45) is 2.38. The smallest absolute Gasteiger partial charge is 0.243 e. The van der Waals surface area contributed by atoms with E-state index in [0.717, 1.165) is 31.4 Å². The topological polar surface area (TPSA) is 72.2 Å². The Hall–Kier alpha value is -1.05. The van der Waals surface area contributed by atoms with Gasteiger partial charge in [-0.2, -0.15) is 0 Å². The molecule has 4 nitrogen and oxygen atoms in total. The molecule has 1 aliphatic carbocycles. The largest absolute Gasteiger partial charge is 0.326 e. The van der Waals surface area contributed by atoms with Crippen molar-refractivity contribution in [1.29, 1.82) is 0 Å². The van der Waals surface area contributed by atoms with Crippen LogP contribution in [0.15, 0.2) is 17.0 Å². The van der Waals surface area contributed by atoms with Crippen molar-refractivity contribution in [1.82, 2.24) is 4.72 Å². The third-order valence-corrected chi connectivity index (χ3v) is 4.53. The molecule has 0 unspecified atom stereocenters. The normalized spacial score (nSPS) is 16.6. The predicted octanol–water partition coefficient (Wildman–Crippen LogP) is 1.25. The Bertz CT molecular complexity index is 556. The van der Waals surface area contributed by atoms with Crippen LogP contribution < -0.4 is 10.5 Å². The van der Waals surface area contributed by atoms with E-state index in [0.29, 0.717) is 0 Å². The summed E-state index contributed by atoms with van der Waals surface area (Å²) in [4.78, 5) is -0.671. The number of benzene rings is 1. The van der Waals surface area contributed by atoms with Gasteiger partial charge in [-0.1, -0.05) is 6.42 Å². The summed E-state index contributed by atoms with van der Waals surface area (Å²) in [6, 6.07) is 1.79. The molecule has 18 heavy (non-hydrogen) atoms. The number of halogens is 2. The summed E-state index contributed by atoms with van der Waals surface area (Å²) in [6.45, 7) is -0.0524. The molecule has 1 fully saturated rings. The van der Waals surface area contributed by atoms with E-state index in [1.165, 1.54) is 0 Å². The summed E-state index contributed by atoms with van der Waals surface area (Å²) in [5.41, 5.74) is 5.55. The van der Waals surface area contributed by atoms with Gasteiger partial charge in [0, 0.05) is 12.6 Å². The molecule has 100 valence electrons. The Kier molecular flexibility index (Phi) is 3.65. The Morgan fingerprint density at radius 2 is 2.00 bits per heavy atom. The average molecular weight is 276 g/mol. The zero-order chi connectivity index (χ0) is 13.3. The van der Waals surface area contributed by atoms with Gasteiger partial charge >= 0.3 is 0 Å². The van der Waals surface area contributed by atoms with E-state index >= 15 is 0 Å². The van der Waals surface area contributed by atoms with E-state index in [-0.39, 0.29) is 18.2 Å². The fourth-order valence-corrected chi connectivity index (χ4v) is 3.18. The van der Waals surface area contributed by atoms with Crippen molar-refractivity contribution in [2.45, 2.75) is 36.7 Å². The molecule has 1 aromatic rings. The summed E-state index contributed by atoms with van der Waals surface area (Å²) < 4.78 is 53.0. The van der Waals surface area contributed by atoms with Crippen molar-refractivity contribution < 1.29 is 17.2 Å². The maximum absolute atomic E-state index is 13.6. The van der Waals surface area contributed by atoms with E-state index < -0.39 is 26.6 Å². The van der Waals surface area contributed by atoms with Crippen LogP contribution in [0, 0.1) is 11.6 Å². The third kappa shape index (κ3) is 2.52. The van der Waals surface area contributed by atoms with Gasteiger partial charge in [-0.15, -0.1) is 0 Å². The fraction of sp³-hybridized carbons (Fsp3) is 0.455. The first-order chi connectivity index (χ1) is 8.44. The van der Waals surface area contributed by atoms with Crippen molar-refractivity contribution >= 4 is 10.0 Å². The Balaban J connectivity index is 2.39. The minimum absolute atomic E-state index is 0.0524. The summed E-state index contributed by atoms with van der Waals surface area (Å²) >= 11 is 0. The third-order valence-electron chi connectivity index (χ3n) is 3.01. The molecule has 0 heterocycles. The zero-order valence-corrected chi connectivity index (χ0v) is 10.4. The summed E-state index contributed by atoms with van der Waals surface area (Å²) in [7, 11) is -4.03. The first-order valence-corrected chi connectivity index (χ1v) is 7.12. The summed E-state index contributed by atoms with van der Waals surface area (Å²) in [5, 5.41) is 0. The van der Waals surface area contributed by atoms with Crippen LogP contribution in [0.1, 0.15) is 24.8 Å². The minimum Gasteiger partial charge on any atom is -0.326 e. The molecule has 1 aromatic carbocycles. The van der Waals surface area contributed by atoms with Gasteiger partial charge in [-0.25, -0.2) is 21.9 Å². The number of hydrogen-bond donors (Lipinski definition) is 2. The number of nitrogens with two attached hydrogens (primary N) is 1. The summed E-state index contributed by atoms with van der Waals surface area (Å²) in [5.74, 6) is -2.56.